The molecule has 0 saturated carbocycles. The quantitative estimate of drug-likeness (QED) is 0.0669. The summed E-state index contributed by atoms with van der Waals surface area (Å²) in [6.07, 6.45) is 1.43. The highest BCUT2D eigenvalue weighted by molar-refractivity contribution is 5.93. The maximum absolute atomic E-state index is 14.1. The van der Waals surface area contributed by atoms with Gasteiger partial charge in [-0.2, -0.15) is 0 Å². The Bertz CT molecular complexity index is 2080. The predicted octanol–water partition coefficient (Wildman–Crippen LogP) is 7.48. The molecule has 2 bridgehead atoms. The zero-order chi connectivity index (χ0) is 35.4. The van der Waals surface area contributed by atoms with E-state index in [2.05, 4.69) is 6.58 Å². The number of esters is 2. The lowest BCUT2D eigenvalue weighted by molar-refractivity contribution is -0.173. The van der Waals surface area contributed by atoms with Gasteiger partial charge in [-0.3, -0.25) is 4.79 Å². The fourth-order valence-corrected chi connectivity index (χ4v) is 7.50. The summed E-state index contributed by atoms with van der Waals surface area (Å²) in [4.78, 5) is 25.4. The molecule has 0 aromatic heterocycles. The molecule has 9 nitrogen and oxygen atoms in total. The second kappa shape index (κ2) is 14.3. The number of ether oxygens (including phenoxy) is 7. The third kappa shape index (κ3) is 5.98. The molecular weight excluding hydrogens is 648 g/mol. The van der Waals surface area contributed by atoms with E-state index in [1.807, 2.05) is 97.1 Å². The summed E-state index contributed by atoms with van der Waals surface area (Å²) < 4.78 is 42.0. The van der Waals surface area contributed by atoms with E-state index in [0.29, 0.717) is 23.7 Å². The Morgan fingerprint density at radius 1 is 0.667 bits per heavy atom. The first-order chi connectivity index (χ1) is 24.9. The molecule has 0 amide bonds. The van der Waals surface area contributed by atoms with Crippen molar-refractivity contribution in [1.82, 2.24) is 0 Å². The Morgan fingerprint density at radius 2 is 1.27 bits per heavy atom. The van der Waals surface area contributed by atoms with Crippen molar-refractivity contribution in [3.05, 3.63) is 144 Å². The van der Waals surface area contributed by atoms with E-state index >= 15 is 0 Å². The Labute approximate surface area is 296 Å². The van der Waals surface area contributed by atoms with Crippen LogP contribution in [0, 0.1) is 5.92 Å². The van der Waals surface area contributed by atoms with Crippen molar-refractivity contribution in [3.8, 4) is 23.0 Å². The van der Waals surface area contributed by atoms with Crippen LogP contribution in [0.4, 0.5) is 0 Å². The number of rotatable bonds is 14. The van der Waals surface area contributed by atoms with Gasteiger partial charge in [0.15, 0.2) is 0 Å². The number of hydrogen-bond donors (Lipinski definition) is 0. The Balaban J connectivity index is 1.09. The summed E-state index contributed by atoms with van der Waals surface area (Å²) in [7, 11) is 3.31. The van der Waals surface area contributed by atoms with Gasteiger partial charge in [0, 0.05) is 37.5 Å². The summed E-state index contributed by atoms with van der Waals surface area (Å²) in [5.74, 6) is 1.01. The van der Waals surface area contributed by atoms with Gasteiger partial charge in [-0.05, 0) is 58.7 Å². The molecule has 0 heterocycles. The Kier molecular flexibility index (Phi) is 9.49. The molecule has 0 N–H and O–H groups in total. The van der Waals surface area contributed by atoms with E-state index in [1.54, 1.807) is 26.4 Å². The number of para-hydroxylation sites is 1. The average molecular weight is 687 g/mol. The molecule has 3 atom stereocenters. The molecule has 0 fully saturated rings. The van der Waals surface area contributed by atoms with Gasteiger partial charge >= 0.3 is 11.9 Å². The van der Waals surface area contributed by atoms with Crippen LogP contribution in [0.2, 0.25) is 0 Å². The van der Waals surface area contributed by atoms with Crippen LogP contribution in [0.1, 0.15) is 28.7 Å². The minimum absolute atomic E-state index is 0.0225. The molecule has 0 spiro atoms. The number of carbonyl (C=O) groups excluding carboxylic acids is 2. The number of carbonyl (C=O) groups is 2. The highest BCUT2D eigenvalue weighted by atomic mass is 16.6. The lowest BCUT2D eigenvalue weighted by atomic mass is 9.54. The van der Waals surface area contributed by atoms with Crippen LogP contribution in [-0.2, 0) is 39.7 Å². The van der Waals surface area contributed by atoms with Crippen molar-refractivity contribution in [1.29, 1.82) is 0 Å². The summed E-state index contributed by atoms with van der Waals surface area (Å²) >= 11 is 0. The zero-order valence-corrected chi connectivity index (χ0v) is 28.5. The first-order valence-electron chi connectivity index (χ1n) is 16.8. The lowest BCUT2D eigenvalue weighted by Crippen LogP contribution is -2.58. The van der Waals surface area contributed by atoms with Gasteiger partial charge < -0.3 is 33.2 Å². The fourth-order valence-electron chi connectivity index (χ4n) is 7.50. The highest BCUT2D eigenvalue weighted by Gasteiger charge is 2.64. The van der Waals surface area contributed by atoms with Crippen molar-refractivity contribution in [3.63, 3.8) is 0 Å². The SMILES string of the molecule is C=CC(=O)OCCOc1ccc(OCCOC(=O)C2CC3(OC)c4ccccc4C2(OC)c2ccc(Oc4ccccc4)cc23)c2ccccc12. The summed E-state index contributed by atoms with van der Waals surface area (Å²) in [6.45, 7) is 3.83. The molecular formula is C42H38O9. The fraction of sp³-hybridized carbons (Fsp3) is 0.238. The molecule has 51 heavy (non-hydrogen) atoms. The van der Waals surface area contributed by atoms with Crippen molar-refractivity contribution < 1.29 is 42.7 Å². The van der Waals surface area contributed by atoms with Gasteiger partial charge in [-0.1, -0.05) is 79.4 Å². The summed E-state index contributed by atoms with van der Waals surface area (Å²) in [5.41, 5.74) is 1.51. The molecule has 3 unspecified atom stereocenters. The minimum atomic E-state index is -1.11. The van der Waals surface area contributed by atoms with Crippen molar-refractivity contribution >= 4 is 22.7 Å². The molecule has 0 saturated heterocycles. The third-order valence-corrected chi connectivity index (χ3v) is 9.69. The average Bonchev–Trinajstić information content (AvgIpc) is 3.18. The van der Waals surface area contributed by atoms with E-state index in [4.69, 9.17) is 33.2 Å². The van der Waals surface area contributed by atoms with Crippen LogP contribution in [0.25, 0.3) is 10.8 Å². The minimum Gasteiger partial charge on any atom is -0.489 e. The van der Waals surface area contributed by atoms with E-state index < -0.39 is 29.1 Å². The lowest BCUT2D eigenvalue weighted by Gasteiger charge is -2.56. The van der Waals surface area contributed by atoms with Gasteiger partial charge in [-0.25, -0.2) is 4.79 Å². The third-order valence-electron chi connectivity index (χ3n) is 9.69. The topological polar surface area (TPSA) is 98.8 Å². The van der Waals surface area contributed by atoms with E-state index in [9.17, 15) is 9.59 Å². The van der Waals surface area contributed by atoms with Gasteiger partial charge in [0.25, 0.3) is 0 Å². The van der Waals surface area contributed by atoms with Gasteiger partial charge in [0.1, 0.15) is 60.6 Å². The second-order valence-corrected chi connectivity index (χ2v) is 12.2. The maximum atomic E-state index is 14.1. The van der Waals surface area contributed by atoms with E-state index in [-0.39, 0.29) is 26.4 Å². The molecule has 0 radical (unpaired) electrons. The smallest absolute Gasteiger partial charge is 0.330 e. The molecule has 3 aliphatic carbocycles. The Hall–Kier alpha value is -5.64. The first-order valence-corrected chi connectivity index (χ1v) is 16.8. The molecule has 3 aliphatic rings. The van der Waals surface area contributed by atoms with Crippen LogP contribution in [0.15, 0.2) is 122 Å². The van der Waals surface area contributed by atoms with E-state index in [1.165, 1.54) is 0 Å². The Morgan fingerprint density at radius 3 is 1.92 bits per heavy atom. The molecule has 9 heteroatoms. The molecule has 8 rings (SSSR count). The van der Waals surface area contributed by atoms with Gasteiger partial charge in [0.2, 0.25) is 0 Å². The van der Waals surface area contributed by atoms with Crippen molar-refractivity contribution in [2.45, 2.75) is 17.6 Å². The number of fused-ring (bicyclic) bond motifs is 2. The molecule has 5 aromatic rings. The molecule has 260 valence electrons. The second-order valence-electron chi connectivity index (χ2n) is 12.2. The van der Waals surface area contributed by atoms with Gasteiger partial charge in [-0.15, -0.1) is 0 Å². The number of benzene rings is 5. The monoisotopic (exact) mass is 686 g/mol. The van der Waals surface area contributed by atoms with Crippen molar-refractivity contribution in [2.75, 3.05) is 40.6 Å². The normalized spacial score (nSPS) is 19.8. The van der Waals surface area contributed by atoms with Crippen molar-refractivity contribution in [2.24, 2.45) is 5.92 Å². The van der Waals surface area contributed by atoms with Crippen LogP contribution < -0.4 is 14.2 Å². The van der Waals surface area contributed by atoms with Gasteiger partial charge in [0.05, 0.1) is 5.92 Å². The van der Waals surface area contributed by atoms with Crippen LogP contribution in [-0.4, -0.2) is 52.6 Å². The number of methoxy groups -OCH3 is 2. The van der Waals surface area contributed by atoms with Crippen LogP contribution >= 0.6 is 0 Å². The highest BCUT2D eigenvalue weighted by Crippen LogP contribution is 2.63. The van der Waals surface area contributed by atoms with Crippen LogP contribution in [0.3, 0.4) is 0 Å². The predicted molar refractivity (Wildman–Crippen MR) is 190 cm³/mol. The van der Waals surface area contributed by atoms with E-state index in [0.717, 1.165) is 44.9 Å². The first kappa shape index (κ1) is 33.8. The van der Waals surface area contributed by atoms with Crippen LogP contribution in [0.5, 0.6) is 23.0 Å². The zero-order valence-electron chi connectivity index (χ0n) is 28.5. The molecule has 5 aromatic carbocycles. The standard InChI is InChI=1S/C42H38O9/c1-4-39(43)49-24-22-47-37-20-21-38(31-15-9-8-14-30(31)37)48-23-25-50-40(44)36-27-41(45-2)32-16-10-11-17-33(32)42(36,46-3)34-19-18-29(26-35(34)41)51-28-12-6-5-7-13-28/h4-21,26,36H,1,22-25,27H2,2-3H3. The summed E-state index contributed by atoms with van der Waals surface area (Å²) in [6, 6.07) is 34.7. The summed E-state index contributed by atoms with van der Waals surface area (Å²) in [5, 5.41) is 1.67. The largest absolute Gasteiger partial charge is 0.489 e. The maximum Gasteiger partial charge on any atom is 0.330 e. The number of hydrogen-bond acceptors (Lipinski definition) is 9. The molecule has 0 aliphatic heterocycles.